The second-order valence-corrected chi connectivity index (χ2v) is 10.3. The van der Waals surface area contributed by atoms with Gasteiger partial charge in [-0.1, -0.05) is 24.6 Å². The number of nitrogens with zero attached hydrogens (tertiary/aromatic N) is 4. The van der Waals surface area contributed by atoms with Crippen molar-refractivity contribution in [1.82, 2.24) is 19.5 Å². The van der Waals surface area contributed by atoms with Crippen molar-refractivity contribution in [3.8, 4) is 0 Å². The van der Waals surface area contributed by atoms with Crippen LogP contribution in [0.25, 0.3) is 11.2 Å². The molecule has 1 saturated heterocycles. The van der Waals surface area contributed by atoms with E-state index in [1.54, 1.807) is 0 Å². The van der Waals surface area contributed by atoms with Gasteiger partial charge in [0.25, 0.3) is 0 Å². The second-order valence-electron chi connectivity index (χ2n) is 9.89. The van der Waals surface area contributed by atoms with Crippen molar-refractivity contribution in [2.24, 2.45) is 11.3 Å². The molecule has 0 unspecified atom stereocenters. The predicted molar refractivity (Wildman–Crippen MR) is 130 cm³/mol. The van der Waals surface area contributed by atoms with Gasteiger partial charge in [-0.15, -0.1) is 0 Å². The Kier molecular flexibility index (Phi) is 6.54. The summed E-state index contributed by atoms with van der Waals surface area (Å²) in [5.74, 6) is 2.02. The molecular formula is C25H32ClN5O2. The lowest BCUT2D eigenvalue weighted by Gasteiger charge is -2.33. The maximum absolute atomic E-state index is 9.60. The molecule has 176 valence electrons. The molecule has 33 heavy (non-hydrogen) atoms. The van der Waals surface area contributed by atoms with Gasteiger partial charge in [0.15, 0.2) is 5.65 Å². The molecule has 0 bridgehead atoms. The van der Waals surface area contributed by atoms with Crippen LogP contribution in [0, 0.1) is 11.3 Å². The van der Waals surface area contributed by atoms with Gasteiger partial charge in [-0.2, -0.15) is 0 Å². The molecule has 3 aromatic rings. The Morgan fingerprint density at radius 1 is 1.18 bits per heavy atom. The van der Waals surface area contributed by atoms with E-state index >= 15 is 0 Å². The SMILES string of the molecule is CC1(Cc2ncc3nc(Nc4cccc(Cl)c4)n(C4CCC(CO)CC4)c3n2)CCOCC1. The van der Waals surface area contributed by atoms with Crippen molar-refractivity contribution in [2.75, 3.05) is 25.1 Å². The highest BCUT2D eigenvalue weighted by molar-refractivity contribution is 6.30. The van der Waals surface area contributed by atoms with Gasteiger partial charge in [0.05, 0.1) is 6.20 Å². The van der Waals surface area contributed by atoms with E-state index in [9.17, 15) is 5.11 Å². The molecule has 2 aromatic heterocycles. The Morgan fingerprint density at radius 3 is 2.70 bits per heavy atom. The van der Waals surface area contributed by atoms with Crippen molar-refractivity contribution < 1.29 is 9.84 Å². The van der Waals surface area contributed by atoms with Crippen LogP contribution < -0.4 is 5.32 Å². The number of ether oxygens (including phenoxy) is 1. The number of aliphatic hydroxyl groups excluding tert-OH is 1. The molecule has 0 radical (unpaired) electrons. The average Bonchev–Trinajstić information content (AvgIpc) is 3.16. The molecule has 0 amide bonds. The summed E-state index contributed by atoms with van der Waals surface area (Å²) in [6.07, 6.45) is 8.76. The van der Waals surface area contributed by atoms with Gasteiger partial charge in [0.2, 0.25) is 5.95 Å². The Balaban J connectivity index is 1.51. The van der Waals surface area contributed by atoms with Crippen LogP contribution in [-0.4, -0.2) is 44.4 Å². The van der Waals surface area contributed by atoms with Gasteiger partial charge < -0.3 is 15.2 Å². The number of aromatic nitrogens is 4. The topological polar surface area (TPSA) is 85.1 Å². The van der Waals surface area contributed by atoms with Crippen LogP contribution in [0.3, 0.4) is 0 Å². The first-order valence-electron chi connectivity index (χ1n) is 12.0. The number of rotatable bonds is 6. The van der Waals surface area contributed by atoms with E-state index in [4.69, 9.17) is 26.3 Å². The fourth-order valence-electron chi connectivity index (χ4n) is 5.15. The van der Waals surface area contributed by atoms with Crippen molar-refractivity contribution in [1.29, 1.82) is 0 Å². The zero-order chi connectivity index (χ0) is 22.8. The van der Waals surface area contributed by atoms with E-state index in [0.29, 0.717) is 10.9 Å². The molecule has 1 aliphatic carbocycles. The minimum atomic E-state index is 0.165. The first-order valence-corrected chi connectivity index (χ1v) is 12.4. The quantitative estimate of drug-likeness (QED) is 0.509. The number of halogens is 1. The molecule has 3 heterocycles. The van der Waals surface area contributed by atoms with Gasteiger partial charge in [-0.05, 0) is 68.1 Å². The Bertz CT molecular complexity index is 1100. The standard InChI is InChI=1S/C25H32ClN5O2/c1-25(9-11-33-12-10-25)14-22-27-15-21-23(30-22)31(20-7-5-17(16-32)6-8-20)24(29-21)28-19-4-2-3-18(26)13-19/h2-4,13,15,17,20,32H,5-12,14,16H2,1H3,(H,28,29). The number of hydrogen-bond donors (Lipinski definition) is 2. The fourth-order valence-corrected chi connectivity index (χ4v) is 5.34. The smallest absolute Gasteiger partial charge is 0.209 e. The third kappa shape index (κ3) is 5.00. The third-order valence-electron chi connectivity index (χ3n) is 7.29. The third-order valence-corrected chi connectivity index (χ3v) is 7.52. The number of fused-ring (bicyclic) bond motifs is 1. The summed E-state index contributed by atoms with van der Waals surface area (Å²) >= 11 is 6.21. The molecule has 2 fully saturated rings. The molecule has 0 spiro atoms. The van der Waals surface area contributed by atoms with Crippen molar-refractivity contribution >= 4 is 34.4 Å². The molecule has 7 nitrogen and oxygen atoms in total. The molecule has 0 atom stereocenters. The molecule has 1 aliphatic heterocycles. The first-order chi connectivity index (χ1) is 16.0. The molecule has 1 saturated carbocycles. The van der Waals surface area contributed by atoms with Crippen LogP contribution >= 0.6 is 11.6 Å². The van der Waals surface area contributed by atoms with Crippen LogP contribution in [-0.2, 0) is 11.2 Å². The van der Waals surface area contributed by atoms with Crippen molar-refractivity contribution in [3.05, 3.63) is 41.3 Å². The lowest BCUT2D eigenvalue weighted by atomic mass is 9.79. The van der Waals surface area contributed by atoms with Crippen LogP contribution in [0.15, 0.2) is 30.5 Å². The van der Waals surface area contributed by atoms with Crippen LogP contribution in [0.4, 0.5) is 11.6 Å². The first kappa shape index (κ1) is 22.6. The summed E-state index contributed by atoms with van der Waals surface area (Å²) in [4.78, 5) is 14.6. The number of aliphatic hydroxyl groups is 1. The monoisotopic (exact) mass is 469 g/mol. The minimum Gasteiger partial charge on any atom is -0.396 e. The number of nitrogens with one attached hydrogen (secondary N) is 1. The number of hydrogen-bond acceptors (Lipinski definition) is 6. The second kappa shape index (κ2) is 9.57. The van der Waals surface area contributed by atoms with E-state index in [1.165, 1.54) is 0 Å². The number of imidazole rings is 1. The summed E-state index contributed by atoms with van der Waals surface area (Å²) in [6.45, 7) is 4.18. The highest BCUT2D eigenvalue weighted by atomic mass is 35.5. The van der Waals surface area contributed by atoms with Gasteiger partial charge in [0, 0.05) is 43.0 Å². The highest BCUT2D eigenvalue weighted by Gasteiger charge is 2.30. The van der Waals surface area contributed by atoms with Gasteiger partial charge in [-0.25, -0.2) is 15.0 Å². The minimum absolute atomic E-state index is 0.165. The summed E-state index contributed by atoms with van der Waals surface area (Å²) in [5.41, 5.74) is 2.74. The van der Waals surface area contributed by atoms with E-state index in [2.05, 4.69) is 21.8 Å². The Labute approximate surface area is 199 Å². The Hall–Kier alpha value is -2.22. The van der Waals surface area contributed by atoms with Crippen LogP contribution in [0.5, 0.6) is 0 Å². The summed E-state index contributed by atoms with van der Waals surface area (Å²) in [7, 11) is 0. The predicted octanol–water partition coefficient (Wildman–Crippen LogP) is 5.31. The lowest BCUT2D eigenvalue weighted by Crippen LogP contribution is -2.29. The number of benzene rings is 1. The highest BCUT2D eigenvalue weighted by Crippen LogP contribution is 2.38. The molecule has 2 aliphatic rings. The summed E-state index contributed by atoms with van der Waals surface area (Å²) < 4.78 is 7.82. The molecular weight excluding hydrogens is 438 g/mol. The van der Waals surface area contributed by atoms with E-state index in [-0.39, 0.29) is 18.1 Å². The largest absolute Gasteiger partial charge is 0.396 e. The van der Waals surface area contributed by atoms with Crippen molar-refractivity contribution in [3.63, 3.8) is 0 Å². The zero-order valence-corrected chi connectivity index (χ0v) is 19.9. The van der Waals surface area contributed by atoms with Crippen LogP contribution in [0.1, 0.15) is 57.3 Å². The van der Waals surface area contributed by atoms with Gasteiger partial charge >= 0.3 is 0 Å². The molecule has 5 rings (SSSR count). The fraction of sp³-hybridized carbons (Fsp3) is 0.560. The lowest BCUT2D eigenvalue weighted by molar-refractivity contribution is 0.0232. The maximum atomic E-state index is 9.60. The Morgan fingerprint density at radius 2 is 1.97 bits per heavy atom. The van der Waals surface area contributed by atoms with E-state index < -0.39 is 0 Å². The summed E-state index contributed by atoms with van der Waals surface area (Å²) in [6, 6.07) is 7.95. The number of anilines is 2. The van der Waals surface area contributed by atoms with E-state index in [1.807, 2.05) is 30.5 Å². The van der Waals surface area contributed by atoms with Crippen LogP contribution in [0.2, 0.25) is 5.02 Å². The molecule has 2 N–H and O–H groups in total. The zero-order valence-electron chi connectivity index (χ0n) is 19.1. The van der Waals surface area contributed by atoms with E-state index in [0.717, 1.165) is 86.8 Å². The molecule has 1 aromatic carbocycles. The summed E-state index contributed by atoms with van der Waals surface area (Å²) in [5, 5.41) is 13.7. The average molecular weight is 470 g/mol. The van der Waals surface area contributed by atoms with Gasteiger partial charge in [-0.3, -0.25) is 4.57 Å². The van der Waals surface area contributed by atoms with Gasteiger partial charge in [0.1, 0.15) is 11.3 Å². The maximum Gasteiger partial charge on any atom is 0.209 e. The van der Waals surface area contributed by atoms with Crippen molar-refractivity contribution in [2.45, 2.75) is 57.9 Å². The molecule has 8 heteroatoms. The normalized spacial score (nSPS) is 23.0.